The van der Waals surface area contributed by atoms with Crippen LogP contribution in [0.2, 0.25) is 0 Å². The lowest BCUT2D eigenvalue weighted by Crippen LogP contribution is -2.31. The van der Waals surface area contributed by atoms with E-state index in [4.69, 9.17) is 24.2 Å². The summed E-state index contributed by atoms with van der Waals surface area (Å²) in [6.45, 7) is 3.74. The molecule has 16 heavy (non-hydrogen) atoms. The molecule has 0 unspecified atom stereocenters. The maximum Gasteiger partial charge on any atom is 0.186 e. The van der Waals surface area contributed by atoms with E-state index in [2.05, 4.69) is 0 Å². The number of methoxy groups -OCH3 is 1. The van der Waals surface area contributed by atoms with E-state index >= 15 is 0 Å². The van der Waals surface area contributed by atoms with Crippen molar-refractivity contribution in [3.05, 3.63) is 0 Å². The van der Waals surface area contributed by atoms with E-state index in [0.717, 1.165) is 11.8 Å². The molecule has 2 aliphatic rings. The average Bonchev–Trinajstić information content (AvgIpc) is 2.69. The second-order valence-corrected chi connectivity index (χ2v) is 5.05. The molecule has 6 heteroatoms. The van der Waals surface area contributed by atoms with Crippen molar-refractivity contribution in [2.75, 3.05) is 12.9 Å². The lowest BCUT2D eigenvalue weighted by atomic mass is 10.2. The molecular formula is C10H15NO4S. The third kappa shape index (κ3) is 2.19. The number of nitriles is 1. The highest BCUT2D eigenvalue weighted by atomic mass is 32.2. The number of fused-ring (bicyclic) bond motifs is 1. The van der Waals surface area contributed by atoms with E-state index in [0.29, 0.717) is 5.75 Å². The van der Waals surface area contributed by atoms with Gasteiger partial charge in [0.25, 0.3) is 0 Å². The normalized spacial score (nSPS) is 40.6. The summed E-state index contributed by atoms with van der Waals surface area (Å²) in [5.41, 5.74) is 0. The van der Waals surface area contributed by atoms with Gasteiger partial charge in [-0.3, -0.25) is 0 Å². The third-order valence-electron chi connectivity index (χ3n) is 2.65. The molecule has 2 fully saturated rings. The van der Waals surface area contributed by atoms with Crippen molar-refractivity contribution in [1.29, 1.82) is 5.26 Å². The second-order valence-electron chi connectivity index (χ2n) is 4.25. The summed E-state index contributed by atoms with van der Waals surface area (Å²) in [6.07, 6.45) is -0.914. The van der Waals surface area contributed by atoms with Gasteiger partial charge in [-0.1, -0.05) is 0 Å². The minimum absolute atomic E-state index is 0.152. The zero-order valence-electron chi connectivity index (χ0n) is 9.50. The Labute approximate surface area is 99.0 Å². The van der Waals surface area contributed by atoms with Crippen LogP contribution in [0.4, 0.5) is 0 Å². The molecule has 0 amide bonds. The molecule has 2 rings (SSSR count). The van der Waals surface area contributed by atoms with Crippen LogP contribution >= 0.6 is 11.8 Å². The molecule has 2 saturated heterocycles. The molecule has 90 valence electrons. The van der Waals surface area contributed by atoms with Crippen molar-refractivity contribution in [3.8, 4) is 5.40 Å². The van der Waals surface area contributed by atoms with Gasteiger partial charge in [-0.2, -0.15) is 5.26 Å². The molecule has 0 bridgehead atoms. The van der Waals surface area contributed by atoms with Crippen molar-refractivity contribution in [2.24, 2.45) is 0 Å². The molecule has 0 aromatic heterocycles. The first-order valence-corrected chi connectivity index (χ1v) is 6.11. The van der Waals surface area contributed by atoms with Gasteiger partial charge in [-0.25, -0.2) is 0 Å². The minimum atomic E-state index is -0.606. The predicted octanol–water partition coefficient (Wildman–Crippen LogP) is 1.09. The van der Waals surface area contributed by atoms with Crippen LogP contribution in [0.25, 0.3) is 0 Å². The van der Waals surface area contributed by atoms with E-state index < -0.39 is 12.1 Å². The van der Waals surface area contributed by atoms with Crippen LogP contribution in [-0.2, 0) is 18.9 Å². The molecule has 0 aliphatic carbocycles. The quantitative estimate of drug-likeness (QED) is 0.694. The lowest BCUT2D eigenvalue weighted by molar-refractivity contribution is -0.224. The van der Waals surface area contributed by atoms with Crippen LogP contribution in [0.15, 0.2) is 0 Å². The summed E-state index contributed by atoms with van der Waals surface area (Å²) < 4.78 is 22.3. The fourth-order valence-electron chi connectivity index (χ4n) is 2.09. The summed E-state index contributed by atoms with van der Waals surface area (Å²) in [6, 6.07) is 0. The molecular weight excluding hydrogens is 230 g/mol. The van der Waals surface area contributed by atoms with Gasteiger partial charge in [0.05, 0.1) is 6.10 Å². The third-order valence-corrected chi connectivity index (χ3v) is 3.28. The summed E-state index contributed by atoms with van der Waals surface area (Å²) in [5.74, 6) is -0.0393. The zero-order valence-corrected chi connectivity index (χ0v) is 10.3. The Morgan fingerprint density at radius 1 is 1.38 bits per heavy atom. The predicted molar refractivity (Wildman–Crippen MR) is 57.6 cm³/mol. The lowest BCUT2D eigenvalue weighted by Gasteiger charge is -2.23. The second kappa shape index (κ2) is 4.51. The molecule has 2 aliphatic heterocycles. The molecule has 0 aromatic carbocycles. The van der Waals surface area contributed by atoms with E-state index in [1.165, 1.54) is 0 Å². The highest BCUT2D eigenvalue weighted by Crippen LogP contribution is 2.39. The number of ether oxygens (including phenoxy) is 4. The number of thiocyanates is 1. The molecule has 0 aromatic rings. The maximum absolute atomic E-state index is 8.55. The largest absolute Gasteiger partial charge is 0.353 e. The summed E-state index contributed by atoms with van der Waals surface area (Å²) in [5, 5.41) is 10.6. The molecule has 0 spiro atoms. The fraction of sp³-hybridized carbons (Fsp3) is 0.900. The number of hydrogen-bond acceptors (Lipinski definition) is 6. The first-order chi connectivity index (χ1) is 7.57. The van der Waals surface area contributed by atoms with Crippen LogP contribution < -0.4 is 0 Å². The van der Waals surface area contributed by atoms with Gasteiger partial charge in [0, 0.05) is 12.9 Å². The van der Waals surface area contributed by atoms with Gasteiger partial charge >= 0.3 is 0 Å². The summed E-state index contributed by atoms with van der Waals surface area (Å²) >= 11 is 1.16. The molecule has 0 saturated carbocycles. The van der Waals surface area contributed by atoms with Crippen molar-refractivity contribution in [1.82, 2.24) is 0 Å². The summed E-state index contributed by atoms with van der Waals surface area (Å²) in [4.78, 5) is 0. The Morgan fingerprint density at radius 3 is 2.69 bits per heavy atom. The van der Waals surface area contributed by atoms with Crippen molar-refractivity contribution in [2.45, 2.75) is 44.2 Å². The minimum Gasteiger partial charge on any atom is -0.353 e. The SMILES string of the molecule is CO[C@H]1O[C@H](CSC#N)[C@H]2OC(C)(C)O[C@@H]12. The van der Waals surface area contributed by atoms with Crippen LogP contribution in [-0.4, -0.2) is 43.3 Å². The Balaban J connectivity index is 2.05. The molecule has 0 radical (unpaired) electrons. The van der Waals surface area contributed by atoms with Gasteiger partial charge in [-0.15, -0.1) is 0 Å². The highest BCUT2D eigenvalue weighted by molar-refractivity contribution is 8.03. The van der Waals surface area contributed by atoms with Crippen LogP contribution in [0.5, 0.6) is 0 Å². The van der Waals surface area contributed by atoms with Crippen molar-refractivity contribution < 1.29 is 18.9 Å². The standard InChI is InChI=1S/C10H15NO4S/c1-10(2)14-7-6(4-16-5-11)13-9(12-3)8(7)15-10/h6-9H,4H2,1-3H3/t6-,7-,8-,9+/m1/s1. The van der Waals surface area contributed by atoms with E-state index in [1.54, 1.807) is 7.11 Å². The van der Waals surface area contributed by atoms with E-state index in [-0.39, 0.29) is 18.3 Å². The number of thioether (sulfide) groups is 1. The first-order valence-electron chi connectivity index (χ1n) is 5.12. The van der Waals surface area contributed by atoms with E-state index in [1.807, 2.05) is 19.2 Å². The number of hydrogen-bond donors (Lipinski definition) is 0. The van der Waals surface area contributed by atoms with Gasteiger partial charge in [-0.05, 0) is 25.6 Å². The van der Waals surface area contributed by atoms with Gasteiger partial charge in [0.1, 0.15) is 17.6 Å². The Kier molecular flexibility index (Phi) is 3.42. The molecule has 2 heterocycles. The average molecular weight is 245 g/mol. The smallest absolute Gasteiger partial charge is 0.186 e. The van der Waals surface area contributed by atoms with E-state index in [9.17, 15) is 0 Å². The van der Waals surface area contributed by atoms with Crippen LogP contribution in [0.1, 0.15) is 13.8 Å². The number of nitrogens with zero attached hydrogens (tertiary/aromatic N) is 1. The molecule has 0 N–H and O–H groups in total. The zero-order chi connectivity index (χ0) is 11.8. The monoisotopic (exact) mass is 245 g/mol. The van der Waals surface area contributed by atoms with Crippen molar-refractivity contribution in [3.63, 3.8) is 0 Å². The van der Waals surface area contributed by atoms with Crippen LogP contribution in [0.3, 0.4) is 0 Å². The Hall–Kier alpha value is -0.320. The Morgan fingerprint density at radius 2 is 2.06 bits per heavy atom. The van der Waals surface area contributed by atoms with Gasteiger partial charge in [0.15, 0.2) is 12.1 Å². The molecule has 4 atom stereocenters. The van der Waals surface area contributed by atoms with Gasteiger partial charge in [0.2, 0.25) is 0 Å². The Bertz CT molecular complexity index is 304. The van der Waals surface area contributed by atoms with Crippen molar-refractivity contribution >= 4 is 11.8 Å². The maximum atomic E-state index is 8.55. The van der Waals surface area contributed by atoms with Crippen LogP contribution in [0, 0.1) is 10.7 Å². The van der Waals surface area contributed by atoms with Gasteiger partial charge < -0.3 is 18.9 Å². The fourth-order valence-corrected chi connectivity index (χ4v) is 2.59. The first kappa shape index (κ1) is 12.1. The number of rotatable bonds is 3. The highest BCUT2D eigenvalue weighted by Gasteiger charge is 2.55. The topological polar surface area (TPSA) is 60.7 Å². The summed E-state index contributed by atoms with van der Waals surface area (Å²) in [7, 11) is 1.58. The molecule has 5 nitrogen and oxygen atoms in total.